The highest BCUT2D eigenvalue weighted by atomic mass is 19.3. The summed E-state index contributed by atoms with van der Waals surface area (Å²) in [6.45, 7) is 5.03. The monoisotopic (exact) mass is 529 g/mol. The molecule has 1 amide bonds. The molecule has 3 rings (SSSR count). The van der Waals surface area contributed by atoms with Crippen molar-refractivity contribution in [3.05, 3.63) is 84.1 Å². The summed E-state index contributed by atoms with van der Waals surface area (Å²) in [5.74, 6) is -2.99. The molecule has 4 atom stereocenters. The summed E-state index contributed by atoms with van der Waals surface area (Å²) in [6, 6.07) is 15.5. The Bertz CT molecular complexity index is 1200. The number of nitrogens with zero attached hydrogens (tertiary/aromatic N) is 1. The second kappa shape index (κ2) is 11.6. The molecule has 0 saturated carbocycles. The average Bonchev–Trinajstić information content (AvgIpc) is 3.13. The van der Waals surface area contributed by atoms with Crippen LogP contribution >= 0.6 is 0 Å². The number of ether oxygens (including phenoxy) is 3. The van der Waals surface area contributed by atoms with Crippen LogP contribution in [0, 0.1) is 0 Å². The fraction of sp³-hybridized carbons (Fsp3) is 0.357. The van der Waals surface area contributed by atoms with Crippen molar-refractivity contribution in [3.8, 4) is 0 Å². The van der Waals surface area contributed by atoms with Crippen molar-refractivity contribution < 1.29 is 42.2 Å². The molecule has 202 valence electrons. The first kappa shape index (κ1) is 28.6. The number of hydrogen-bond acceptors (Lipinski definition) is 7. The van der Waals surface area contributed by atoms with Crippen LogP contribution in [0.15, 0.2) is 72.9 Å². The van der Waals surface area contributed by atoms with Crippen molar-refractivity contribution in [3.63, 3.8) is 0 Å². The van der Waals surface area contributed by atoms with Crippen LogP contribution in [0.2, 0.25) is 0 Å². The lowest BCUT2D eigenvalue weighted by atomic mass is 9.84. The van der Waals surface area contributed by atoms with Crippen LogP contribution in [0.1, 0.15) is 54.8 Å². The Kier molecular flexibility index (Phi) is 8.78. The third-order valence-corrected chi connectivity index (χ3v) is 6.35. The van der Waals surface area contributed by atoms with Crippen LogP contribution in [0.3, 0.4) is 0 Å². The predicted octanol–water partition coefficient (Wildman–Crippen LogP) is 4.55. The molecule has 0 aromatic heterocycles. The van der Waals surface area contributed by atoms with Gasteiger partial charge in [-0.25, -0.2) is 18.4 Å². The first-order valence-corrected chi connectivity index (χ1v) is 11.9. The van der Waals surface area contributed by atoms with Crippen LogP contribution in [0.5, 0.6) is 0 Å². The smallest absolute Gasteiger partial charge is 0.338 e. The molecular formula is C28H29F2NO7. The van der Waals surface area contributed by atoms with E-state index in [0.717, 1.165) is 24.1 Å². The van der Waals surface area contributed by atoms with Crippen LogP contribution in [0.25, 0.3) is 0 Å². The van der Waals surface area contributed by atoms with Gasteiger partial charge < -0.3 is 14.2 Å². The Hall–Kier alpha value is -3.92. The molecule has 0 spiro atoms. The lowest BCUT2D eigenvalue weighted by Gasteiger charge is -2.38. The van der Waals surface area contributed by atoms with E-state index in [2.05, 4.69) is 0 Å². The second-order valence-corrected chi connectivity index (χ2v) is 9.02. The zero-order valence-corrected chi connectivity index (χ0v) is 21.4. The summed E-state index contributed by atoms with van der Waals surface area (Å²) >= 11 is 0. The van der Waals surface area contributed by atoms with Gasteiger partial charge in [0, 0.05) is 13.1 Å². The molecule has 0 radical (unpaired) electrons. The standard InChI is InChI=1S/C28H29F2NO7/c1-5-28(25(29)30)24(36-22(34)20-12-8-6-9-13-20)27(4,37-23(35)21-14-10-7-11-15-21)26(38-28)31(19(3)33)17-16-18(2)32/h6-17,24-26H,5H2,1-4H3/b17-16-/t24-,26+,27+,28+/m0/s1. The maximum absolute atomic E-state index is 14.8. The first-order valence-electron chi connectivity index (χ1n) is 11.9. The fourth-order valence-electron chi connectivity index (χ4n) is 4.36. The largest absolute Gasteiger partial charge is 0.451 e. The van der Waals surface area contributed by atoms with Gasteiger partial charge in [0.05, 0.1) is 11.1 Å². The Morgan fingerprint density at radius 1 is 0.974 bits per heavy atom. The molecular weight excluding hydrogens is 500 g/mol. The van der Waals surface area contributed by atoms with Crippen LogP contribution in [-0.2, 0) is 23.8 Å². The summed E-state index contributed by atoms with van der Waals surface area (Å²) in [4.78, 5) is 51.5. The molecule has 1 fully saturated rings. The van der Waals surface area contributed by atoms with Gasteiger partial charge in [0.1, 0.15) is 0 Å². The molecule has 38 heavy (non-hydrogen) atoms. The quantitative estimate of drug-likeness (QED) is 0.347. The number of allylic oxidation sites excluding steroid dienone is 1. The number of benzene rings is 2. The molecule has 1 saturated heterocycles. The highest BCUT2D eigenvalue weighted by molar-refractivity contribution is 5.91. The average molecular weight is 530 g/mol. The lowest BCUT2D eigenvalue weighted by Crippen LogP contribution is -2.59. The summed E-state index contributed by atoms with van der Waals surface area (Å²) in [6.07, 6.45) is -5.00. The summed E-state index contributed by atoms with van der Waals surface area (Å²) < 4.78 is 47.0. The van der Waals surface area contributed by atoms with Crippen molar-refractivity contribution in [2.24, 2.45) is 0 Å². The molecule has 8 nitrogen and oxygen atoms in total. The topological polar surface area (TPSA) is 99.2 Å². The highest BCUT2D eigenvalue weighted by Gasteiger charge is 2.71. The number of carbonyl (C=O) groups is 4. The van der Waals surface area contributed by atoms with Gasteiger partial charge in [0.25, 0.3) is 6.43 Å². The van der Waals surface area contributed by atoms with E-state index in [-0.39, 0.29) is 17.5 Å². The first-order chi connectivity index (χ1) is 18.0. The third kappa shape index (κ3) is 5.65. The lowest BCUT2D eigenvalue weighted by molar-refractivity contribution is -0.189. The van der Waals surface area contributed by atoms with Crippen molar-refractivity contribution >= 4 is 23.6 Å². The Balaban J connectivity index is 2.19. The van der Waals surface area contributed by atoms with Crippen LogP contribution < -0.4 is 0 Å². The summed E-state index contributed by atoms with van der Waals surface area (Å²) in [7, 11) is 0. The van der Waals surface area contributed by atoms with Gasteiger partial charge in [-0.1, -0.05) is 43.3 Å². The highest BCUT2D eigenvalue weighted by Crippen LogP contribution is 2.49. The van der Waals surface area contributed by atoms with E-state index in [0.29, 0.717) is 0 Å². The molecule has 0 N–H and O–H groups in total. The van der Waals surface area contributed by atoms with Crippen LogP contribution in [0.4, 0.5) is 8.78 Å². The van der Waals surface area contributed by atoms with Crippen molar-refractivity contribution in [1.29, 1.82) is 0 Å². The SMILES string of the molecule is CC[C@@]1(C(F)F)O[C@@H](N(/C=C\C(C)=O)C(C)=O)[C@](C)(OC(=O)c2ccccc2)[C@@H]1OC(=O)c1ccccc1. The Labute approximate surface area is 219 Å². The molecule has 10 heteroatoms. The van der Waals surface area contributed by atoms with Gasteiger partial charge in [-0.05, 0) is 50.6 Å². The van der Waals surface area contributed by atoms with E-state index in [1.54, 1.807) is 36.4 Å². The number of ketones is 1. The summed E-state index contributed by atoms with van der Waals surface area (Å²) in [5, 5.41) is 0. The van der Waals surface area contributed by atoms with E-state index < -0.39 is 53.6 Å². The van der Waals surface area contributed by atoms with Gasteiger partial charge in [-0.3, -0.25) is 14.5 Å². The summed E-state index contributed by atoms with van der Waals surface area (Å²) in [5.41, 5.74) is -4.41. The number of amides is 1. The zero-order chi connectivity index (χ0) is 28.1. The minimum atomic E-state index is -3.22. The molecule has 0 unspecified atom stereocenters. The zero-order valence-electron chi connectivity index (χ0n) is 21.4. The number of rotatable bonds is 9. The van der Waals surface area contributed by atoms with Gasteiger partial charge in [-0.15, -0.1) is 0 Å². The van der Waals surface area contributed by atoms with E-state index >= 15 is 0 Å². The fourth-order valence-corrected chi connectivity index (χ4v) is 4.36. The van der Waals surface area contributed by atoms with Gasteiger partial charge in [0.2, 0.25) is 5.91 Å². The number of esters is 2. The Morgan fingerprint density at radius 2 is 1.50 bits per heavy atom. The maximum Gasteiger partial charge on any atom is 0.338 e. The predicted molar refractivity (Wildman–Crippen MR) is 132 cm³/mol. The van der Waals surface area contributed by atoms with Gasteiger partial charge in [-0.2, -0.15) is 0 Å². The molecule has 0 bridgehead atoms. The van der Waals surface area contributed by atoms with E-state index in [9.17, 15) is 28.0 Å². The van der Waals surface area contributed by atoms with E-state index in [1.807, 2.05) is 0 Å². The number of carbonyl (C=O) groups excluding carboxylic acids is 4. The van der Waals surface area contributed by atoms with Gasteiger partial charge in [0.15, 0.2) is 29.3 Å². The molecule has 1 aliphatic heterocycles. The molecule has 2 aromatic rings. The normalized spacial score (nSPS) is 24.8. The molecule has 2 aromatic carbocycles. The molecule has 1 aliphatic rings. The molecule has 1 heterocycles. The third-order valence-electron chi connectivity index (χ3n) is 6.35. The second-order valence-electron chi connectivity index (χ2n) is 9.02. The number of halogens is 2. The number of alkyl halides is 2. The van der Waals surface area contributed by atoms with Crippen molar-refractivity contribution in [1.82, 2.24) is 4.90 Å². The Morgan fingerprint density at radius 3 is 1.95 bits per heavy atom. The van der Waals surface area contributed by atoms with Crippen LogP contribution in [-0.4, -0.2) is 58.5 Å². The minimum absolute atomic E-state index is 0.0758. The van der Waals surface area contributed by atoms with Crippen molar-refractivity contribution in [2.45, 2.75) is 64.1 Å². The van der Waals surface area contributed by atoms with Crippen molar-refractivity contribution in [2.75, 3.05) is 0 Å². The van der Waals surface area contributed by atoms with Gasteiger partial charge >= 0.3 is 11.9 Å². The maximum atomic E-state index is 14.8. The minimum Gasteiger partial charge on any atom is -0.451 e. The van der Waals surface area contributed by atoms with E-state index in [4.69, 9.17) is 14.2 Å². The van der Waals surface area contributed by atoms with E-state index in [1.165, 1.54) is 45.0 Å². The molecule has 0 aliphatic carbocycles. The number of hydrogen-bond donors (Lipinski definition) is 0.